The summed E-state index contributed by atoms with van der Waals surface area (Å²) in [5.74, 6) is 1.56. The minimum atomic E-state index is -0.461. The fourth-order valence-corrected chi connectivity index (χ4v) is 3.35. The van der Waals surface area contributed by atoms with Crippen LogP contribution in [0.25, 0.3) is 0 Å². The average Bonchev–Trinajstić information content (AvgIpc) is 2.98. The predicted octanol–water partition coefficient (Wildman–Crippen LogP) is 3.19. The summed E-state index contributed by atoms with van der Waals surface area (Å²) in [4.78, 5) is 24.9. The van der Waals surface area contributed by atoms with Crippen molar-refractivity contribution in [2.45, 2.75) is 64.0 Å². The zero-order valence-corrected chi connectivity index (χ0v) is 15.2. The number of ether oxygens (including phenoxy) is 1. The van der Waals surface area contributed by atoms with E-state index < -0.39 is 5.60 Å². The predicted molar refractivity (Wildman–Crippen MR) is 93.2 cm³/mol. The third kappa shape index (κ3) is 3.79. The Kier molecular flexibility index (Phi) is 4.65. The highest BCUT2D eigenvalue weighted by molar-refractivity contribution is 5.69. The van der Waals surface area contributed by atoms with Crippen LogP contribution in [0, 0.1) is 0 Å². The van der Waals surface area contributed by atoms with Gasteiger partial charge in [-0.3, -0.25) is 0 Å². The SMILES string of the molecule is CN(C(=O)OC(C)(C)C)C1CN(c2cc(C3CCCC3)ncn2)C1. The van der Waals surface area contributed by atoms with Gasteiger partial charge in [0, 0.05) is 37.8 Å². The molecule has 1 aromatic rings. The number of carbonyl (C=O) groups excluding carboxylic acids is 1. The Balaban J connectivity index is 1.56. The molecule has 1 saturated carbocycles. The maximum Gasteiger partial charge on any atom is 0.410 e. The van der Waals surface area contributed by atoms with Crippen LogP contribution >= 0.6 is 0 Å². The molecule has 0 unspecified atom stereocenters. The van der Waals surface area contributed by atoms with Gasteiger partial charge in [0.25, 0.3) is 0 Å². The minimum Gasteiger partial charge on any atom is -0.444 e. The summed E-state index contributed by atoms with van der Waals surface area (Å²) in [6.45, 7) is 7.24. The number of amides is 1. The molecule has 1 amide bonds. The standard InChI is InChI=1S/C18H28N4O2/c1-18(2,3)24-17(23)21(4)14-10-22(11-14)16-9-15(19-12-20-16)13-7-5-6-8-13/h9,12-14H,5-8,10-11H2,1-4H3. The fraction of sp³-hybridized carbons (Fsp3) is 0.722. The molecule has 2 fully saturated rings. The summed E-state index contributed by atoms with van der Waals surface area (Å²) >= 11 is 0. The maximum atomic E-state index is 12.1. The summed E-state index contributed by atoms with van der Waals surface area (Å²) in [5, 5.41) is 0. The second-order valence-corrected chi connectivity index (χ2v) is 7.93. The number of likely N-dealkylation sites (N-methyl/N-ethyl adjacent to an activating group) is 1. The average molecular weight is 332 g/mol. The van der Waals surface area contributed by atoms with Crippen molar-refractivity contribution in [1.82, 2.24) is 14.9 Å². The Morgan fingerprint density at radius 2 is 1.92 bits per heavy atom. The lowest BCUT2D eigenvalue weighted by molar-refractivity contribution is 0.0196. The Bertz CT molecular complexity index is 587. The molecule has 132 valence electrons. The van der Waals surface area contributed by atoms with Crippen molar-refractivity contribution in [3.63, 3.8) is 0 Å². The Hall–Kier alpha value is -1.85. The molecular weight excluding hydrogens is 304 g/mol. The molecule has 1 saturated heterocycles. The molecule has 0 spiro atoms. The normalized spacial score (nSPS) is 19.2. The van der Waals surface area contributed by atoms with Crippen LogP contribution in [0.4, 0.5) is 10.6 Å². The Morgan fingerprint density at radius 1 is 1.25 bits per heavy atom. The lowest BCUT2D eigenvalue weighted by Crippen LogP contribution is -2.60. The van der Waals surface area contributed by atoms with E-state index in [2.05, 4.69) is 20.9 Å². The third-order valence-corrected chi connectivity index (χ3v) is 4.86. The molecule has 6 nitrogen and oxygen atoms in total. The summed E-state index contributed by atoms with van der Waals surface area (Å²) in [5.41, 5.74) is 0.707. The van der Waals surface area contributed by atoms with E-state index in [1.165, 1.54) is 31.4 Å². The summed E-state index contributed by atoms with van der Waals surface area (Å²) in [6.07, 6.45) is 6.49. The monoisotopic (exact) mass is 332 g/mol. The highest BCUT2D eigenvalue weighted by Crippen LogP contribution is 2.34. The number of rotatable bonds is 3. The first-order valence-electron chi connectivity index (χ1n) is 8.86. The van der Waals surface area contributed by atoms with Gasteiger partial charge < -0.3 is 14.5 Å². The van der Waals surface area contributed by atoms with Crippen molar-refractivity contribution in [3.05, 3.63) is 18.1 Å². The van der Waals surface area contributed by atoms with Gasteiger partial charge in [-0.25, -0.2) is 14.8 Å². The molecule has 0 aromatic carbocycles. The van der Waals surface area contributed by atoms with Crippen molar-refractivity contribution in [2.75, 3.05) is 25.0 Å². The van der Waals surface area contributed by atoms with Crippen LogP contribution in [-0.4, -0.2) is 52.7 Å². The lowest BCUT2D eigenvalue weighted by atomic mass is 10.0. The quantitative estimate of drug-likeness (QED) is 0.851. The number of hydrogen-bond donors (Lipinski definition) is 0. The molecule has 6 heteroatoms. The molecule has 2 aliphatic rings. The van der Waals surface area contributed by atoms with Gasteiger partial charge in [0.2, 0.25) is 0 Å². The van der Waals surface area contributed by atoms with Gasteiger partial charge in [-0.2, -0.15) is 0 Å². The molecule has 0 radical (unpaired) electrons. The summed E-state index contributed by atoms with van der Waals surface area (Å²) in [6, 6.07) is 2.30. The van der Waals surface area contributed by atoms with Gasteiger partial charge in [0.1, 0.15) is 17.7 Å². The van der Waals surface area contributed by atoms with Gasteiger partial charge in [-0.05, 0) is 33.6 Å². The van der Waals surface area contributed by atoms with E-state index in [1.54, 1.807) is 18.3 Å². The molecule has 3 rings (SSSR count). The van der Waals surface area contributed by atoms with E-state index >= 15 is 0 Å². The Morgan fingerprint density at radius 3 is 2.54 bits per heavy atom. The maximum absolute atomic E-state index is 12.1. The highest BCUT2D eigenvalue weighted by Gasteiger charge is 2.35. The van der Waals surface area contributed by atoms with Gasteiger partial charge in [0.05, 0.1) is 6.04 Å². The first-order chi connectivity index (χ1) is 11.3. The van der Waals surface area contributed by atoms with Gasteiger partial charge in [-0.15, -0.1) is 0 Å². The lowest BCUT2D eigenvalue weighted by Gasteiger charge is -2.44. The van der Waals surface area contributed by atoms with Crippen LogP contribution in [0.5, 0.6) is 0 Å². The third-order valence-electron chi connectivity index (χ3n) is 4.86. The topological polar surface area (TPSA) is 58.6 Å². The second kappa shape index (κ2) is 6.57. The largest absolute Gasteiger partial charge is 0.444 e. The van der Waals surface area contributed by atoms with Crippen molar-refractivity contribution in [1.29, 1.82) is 0 Å². The van der Waals surface area contributed by atoms with E-state index in [0.29, 0.717) is 5.92 Å². The van der Waals surface area contributed by atoms with E-state index in [1.807, 2.05) is 20.8 Å². The molecule has 1 aromatic heterocycles. The second-order valence-electron chi connectivity index (χ2n) is 7.93. The number of carbonyl (C=O) groups is 1. The van der Waals surface area contributed by atoms with E-state index in [-0.39, 0.29) is 12.1 Å². The van der Waals surface area contributed by atoms with Crippen LogP contribution in [0.2, 0.25) is 0 Å². The van der Waals surface area contributed by atoms with Crippen molar-refractivity contribution in [3.8, 4) is 0 Å². The number of anilines is 1. The van der Waals surface area contributed by atoms with Crippen LogP contribution in [0.3, 0.4) is 0 Å². The van der Waals surface area contributed by atoms with Gasteiger partial charge in [0.15, 0.2) is 0 Å². The number of nitrogens with zero attached hydrogens (tertiary/aromatic N) is 4. The zero-order valence-electron chi connectivity index (χ0n) is 15.2. The molecular formula is C18H28N4O2. The first kappa shape index (κ1) is 17.0. The van der Waals surface area contributed by atoms with Gasteiger partial charge in [-0.1, -0.05) is 12.8 Å². The van der Waals surface area contributed by atoms with Crippen LogP contribution < -0.4 is 4.90 Å². The van der Waals surface area contributed by atoms with Crippen LogP contribution in [-0.2, 0) is 4.74 Å². The molecule has 1 aliphatic carbocycles. The first-order valence-corrected chi connectivity index (χ1v) is 8.86. The van der Waals surface area contributed by atoms with Crippen molar-refractivity contribution in [2.24, 2.45) is 0 Å². The zero-order chi connectivity index (χ0) is 17.3. The van der Waals surface area contributed by atoms with E-state index in [0.717, 1.165) is 18.9 Å². The molecule has 24 heavy (non-hydrogen) atoms. The molecule has 1 aliphatic heterocycles. The van der Waals surface area contributed by atoms with Crippen molar-refractivity contribution >= 4 is 11.9 Å². The number of hydrogen-bond acceptors (Lipinski definition) is 5. The summed E-state index contributed by atoms with van der Waals surface area (Å²) in [7, 11) is 1.81. The highest BCUT2D eigenvalue weighted by atomic mass is 16.6. The van der Waals surface area contributed by atoms with Crippen molar-refractivity contribution < 1.29 is 9.53 Å². The van der Waals surface area contributed by atoms with E-state index in [4.69, 9.17) is 4.74 Å². The van der Waals surface area contributed by atoms with Crippen LogP contribution in [0.1, 0.15) is 58.1 Å². The molecule has 0 bridgehead atoms. The van der Waals surface area contributed by atoms with E-state index in [9.17, 15) is 4.79 Å². The number of aromatic nitrogens is 2. The van der Waals surface area contributed by atoms with Crippen LogP contribution in [0.15, 0.2) is 12.4 Å². The van der Waals surface area contributed by atoms with Gasteiger partial charge >= 0.3 is 6.09 Å². The molecule has 2 heterocycles. The fourth-order valence-electron chi connectivity index (χ4n) is 3.35. The Labute approximate surface area is 144 Å². The summed E-state index contributed by atoms with van der Waals surface area (Å²) < 4.78 is 5.43. The molecule has 0 atom stereocenters. The minimum absolute atomic E-state index is 0.171. The molecule has 0 N–H and O–H groups in total. The smallest absolute Gasteiger partial charge is 0.410 e.